The fourth-order valence-electron chi connectivity index (χ4n) is 2.99. The molecule has 3 unspecified atom stereocenters. The lowest BCUT2D eigenvalue weighted by atomic mass is 9.85. The van der Waals surface area contributed by atoms with Crippen LogP contribution in [0.2, 0.25) is 0 Å². The van der Waals surface area contributed by atoms with Gasteiger partial charge in [-0.2, -0.15) is 0 Å². The Morgan fingerprint density at radius 2 is 2.08 bits per heavy atom. The van der Waals surface area contributed by atoms with E-state index in [1.54, 1.807) is 0 Å². The Morgan fingerprint density at radius 1 is 1.31 bits per heavy atom. The van der Waals surface area contributed by atoms with Crippen molar-refractivity contribution >= 4 is 0 Å². The van der Waals surface area contributed by atoms with Crippen molar-refractivity contribution in [3.8, 4) is 0 Å². The lowest BCUT2D eigenvalue weighted by molar-refractivity contribution is 0.274. The van der Waals surface area contributed by atoms with Gasteiger partial charge in [-0.1, -0.05) is 39.5 Å². The van der Waals surface area contributed by atoms with Crippen LogP contribution in [0.3, 0.4) is 0 Å². The number of hydrogen-bond donors (Lipinski definition) is 1. The van der Waals surface area contributed by atoms with Gasteiger partial charge in [-0.05, 0) is 31.7 Å². The predicted octanol–water partition coefficient (Wildman–Crippen LogP) is 3.20. The Balaban J connectivity index is 2.46. The highest BCUT2D eigenvalue weighted by Gasteiger charge is 2.30. The molecule has 1 nitrogen and oxygen atoms in total. The summed E-state index contributed by atoms with van der Waals surface area (Å²) in [5, 5.41) is 3.51. The van der Waals surface area contributed by atoms with Gasteiger partial charge < -0.3 is 5.32 Å². The molecule has 0 aromatic carbocycles. The van der Waals surface area contributed by atoms with Gasteiger partial charge in [0.25, 0.3) is 0 Å². The largest absolute Gasteiger partial charge is 0.317 e. The van der Waals surface area contributed by atoms with Crippen molar-refractivity contribution in [2.24, 2.45) is 11.8 Å². The van der Waals surface area contributed by atoms with Crippen molar-refractivity contribution in [3.05, 3.63) is 0 Å². The van der Waals surface area contributed by atoms with Crippen molar-refractivity contribution < 1.29 is 0 Å². The van der Waals surface area contributed by atoms with E-state index in [1.807, 2.05) is 0 Å². The molecular formula is C12H25N. The third kappa shape index (κ3) is 2.70. The summed E-state index contributed by atoms with van der Waals surface area (Å²) in [6.07, 6.45) is 8.46. The average molecular weight is 183 g/mol. The van der Waals surface area contributed by atoms with Crippen LogP contribution in [-0.4, -0.2) is 13.1 Å². The van der Waals surface area contributed by atoms with Gasteiger partial charge in [0, 0.05) is 6.04 Å². The fraction of sp³-hybridized carbons (Fsp3) is 1.00. The normalized spacial score (nSPS) is 30.7. The quantitative estimate of drug-likeness (QED) is 0.690. The molecule has 13 heavy (non-hydrogen) atoms. The first-order valence-corrected chi connectivity index (χ1v) is 6.00. The summed E-state index contributed by atoms with van der Waals surface area (Å²) in [6, 6.07) is 0.789. The molecule has 0 spiro atoms. The van der Waals surface area contributed by atoms with Gasteiger partial charge in [-0.25, -0.2) is 0 Å². The molecule has 0 heterocycles. The third-order valence-electron chi connectivity index (χ3n) is 3.73. The van der Waals surface area contributed by atoms with Crippen LogP contribution in [0, 0.1) is 11.8 Å². The number of nitrogens with one attached hydrogen (secondary N) is 1. The maximum Gasteiger partial charge on any atom is 0.00948 e. The van der Waals surface area contributed by atoms with E-state index < -0.39 is 0 Å². The van der Waals surface area contributed by atoms with Crippen LogP contribution < -0.4 is 5.32 Å². The first-order valence-electron chi connectivity index (χ1n) is 6.00. The molecule has 0 aromatic rings. The van der Waals surface area contributed by atoms with Crippen LogP contribution in [0.1, 0.15) is 52.4 Å². The van der Waals surface area contributed by atoms with Crippen LogP contribution >= 0.6 is 0 Å². The molecule has 1 heteroatoms. The SMILES string of the molecule is CCCC(NC)C1CCCC1CC. The Bertz CT molecular complexity index is 133. The van der Waals surface area contributed by atoms with Gasteiger partial charge in [0.1, 0.15) is 0 Å². The molecule has 1 aliphatic carbocycles. The van der Waals surface area contributed by atoms with Crippen LogP contribution in [-0.2, 0) is 0 Å². The smallest absolute Gasteiger partial charge is 0.00948 e. The average Bonchev–Trinajstić information content (AvgIpc) is 2.61. The Hall–Kier alpha value is -0.0400. The minimum Gasteiger partial charge on any atom is -0.317 e. The highest BCUT2D eigenvalue weighted by Crippen LogP contribution is 2.37. The zero-order valence-corrected chi connectivity index (χ0v) is 9.47. The lowest BCUT2D eigenvalue weighted by Crippen LogP contribution is -2.35. The first-order chi connectivity index (χ1) is 6.33. The van der Waals surface area contributed by atoms with Crippen LogP contribution in [0.25, 0.3) is 0 Å². The van der Waals surface area contributed by atoms with E-state index in [0.29, 0.717) is 0 Å². The van der Waals surface area contributed by atoms with E-state index in [2.05, 4.69) is 26.2 Å². The summed E-state index contributed by atoms with van der Waals surface area (Å²) >= 11 is 0. The number of rotatable bonds is 5. The van der Waals surface area contributed by atoms with Gasteiger partial charge >= 0.3 is 0 Å². The molecule has 1 saturated carbocycles. The van der Waals surface area contributed by atoms with Gasteiger partial charge in [0.2, 0.25) is 0 Å². The molecular weight excluding hydrogens is 158 g/mol. The molecule has 0 saturated heterocycles. The van der Waals surface area contributed by atoms with E-state index in [9.17, 15) is 0 Å². The highest BCUT2D eigenvalue weighted by atomic mass is 14.9. The maximum atomic E-state index is 3.51. The van der Waals surface area contributed by atoms with Crippen molar-refractivity contribution in [2.45, 2.75) is 58.4 Å². The molecule has 78 valence electrons. The van der Waals surface area contributed by atoms with E-state index in [0.717, 1.165) is 17.9 Å². The standard InChI is InChI=1S/C12H25N/c1-4-7-12(13-3)11-9-6-8-10(11)5-2/h10-13H,4-9H2,1-3H3. The predicted molar refractivity (Wildman–Crippen MR) is 58.9 cm³/mol. The summed E-state index contributed by atoms with van der Waals surface area (Å²) in [4.78, 5) is 0. The van der Waals surface area contributed by atoms with Crippen LogP contribution in [0.5, 0.6) is 0 Å². The summed E-state index contributed by atoms with van der Waals surface area (Å²) in [6.45, 7) is 4.64. The zero-order valence-electron chi connectivity index (χ0n) is 9.47. The molecule has 0 aliphatic heterocycles. The van der Waals surface area contributed by atoms with Gasteiger partial charge in [0.05, 0.1) is 0 Å². The zero-order chi connectivity index (χ0) is 9.68. The van der Waals surface area contributed by atoms with Gasteiger partial charge in [-0.15, -0.1) is 0 Å². The number of hydrogen-bond acceptors (Lipinski definition) is 1. The van der Waals surface area contributed by atoms with Crippen molar-refractivity contribution in [1.29, 1.82) is 0 Å². The van der Waals surface area contributed by atoms with Gasteiger partial charge in [0.15, 0.2) is 0 Å². The summed E-state index contributed by atoms with van der Waals surface area (Å²) < 4.78 is 0. The van der Waals surface area contributed by atoms with Gasteiger partial charge in [-0.3, -0.25) is 0 Å². The lowest BCUT2D eigenvalue weighted by Gasteiger charge is -2.27. The molecule has 0 radical (unpaired) electrons. The molecule has 0 amide bonds. The molecule has 1 N–H and O–H groups in total. The third-order valence-corrected chi connectivity index (χ3v) is 3.73. The van der Waals surface area contributed by atoms with Crippen LogP contribution in [0.4, 0.5) is 0 Å². The van der Waals surface area contributed by atoms with E-state index >= 15 is 0 Å². The fourth-order valence-corrected chi connectivity index (χ4v) is 2.99. The molecule has 0 aromatic heterocycles. The Kier molecular flexibility index (Phi) is 4.79. The van der Waals surface area contributed by atoms with Crippen LogP contribution in [0.15, 0.2) is 0 Å². The summed E-state index contributed by atoms with van der Waals surface area (Å²) in [7, 11) is 2.13. The topological polar surface area (TPSA) is 12.0 Å². The van der Waals surface area contributed by atoms with E-state index in [4.69, 9.17) is 0 Å². The maximum absolute atomic E-state index is 3.51. The Labute approximate surface area is 83.3 Å². The minimum absolute atomic E-state index is 0.789. The second-order valence-electron chi connectivity index (χ2n) is 4.45. The highest BCUT2D eigenvalue weighted by molar-refractivity contribution is 4.85. The van der Waals surface area contributed by atoms with Crippen molar-refractivity contribution in [1.82, 2.24) is 5.32 Å². The monoisotopic (exact) mass is 183 g/mol. The Morgan fingerprint density at radius 3 is 2.62 bits per heavy atom. The van der Waals surface area contributed by atoms with Crippen molar-refractivity contribution in [3.63, 3.8) is 0 Å². The summed E-state index contributed by atoms with van der Waals surface area (Å²) in [5.74, 6) is 1.97. The van der Waals surface area contributed by atoms with Crippen molar-refractivity contribution in [2.75, 3.05) is 7.05 Å². The van der Waals surface area contributed by atoms with E-state index in [1.165, 1.54) is 38.5 Å². The molecule has 3 atom stereocenters. The molecule has 1 aliphatic rings. The molecule has 0 bridgehead atoms. The minimum atomic E-state index is 0.789. The second kappa shape index (κ2) is 5.64. The molecule has 1 fully saturated rings. The summed E-state index contributed by atoms with van der Waals surface area (Å²) in [5.41, 5.74) is 0. The molecule has 1 rings (SSSR count). The first kappa shape index (κ1) is 11.0. The second-order valence-corrected chi connectivity index (χ2v) is 4.45. The van der Waals surface area contributed by atoms with E-state index in [-0.39, 0.29) is 0 Å².